The number of halogens is 1. The molecular weight excluding hydrogens is 386 g/mol. The predicted octanol–water partition coefficient (Wildman–Crippen LogP) is 4.99. The Labute approximate surface area is 174 Å². The molecule has 0 saturated carbocycles. The van der Waals surface area contributed by atoms with Crippen LogP contribution in [0.4, 0.5) is 5.69 Å². The zero-order chi connectivity index (χ0) is 20.5. The van der Waals surface area contributed by atoms with Crippen molar-refractivity contribution in [2.75, 3.05) is 18.4 Å². The Morgan fingerprint density at radius 3 is 2.55 bits per heavy atom. The van der Waals surface area contributed by atoms with Gasteiger partial charge in [-0.25, -0.2) is 0 Å². The van der Waals surface area contributed by atoms with Crippen LogP contribution in [0.1, 0.15) is 44.8 Å². The van der Waals surface area contributed by atoms with E-state index < -0.39 is 0 Å². The molecule has 5 nitrogen and oxygen atoms in total. The average Bonchev–Trinajstić information content (AvgIpc) is 3.23. The molecule has 6 heteroatoms. The number of amides is 2. The van der Waals surface area contributed by atoms with Crippen molar-refractivity contribution in [1.82, 2.24) is 9.88 Å². The number of hydrogen-bond donors (Lipinski definition) is 1. The topological polar surface area (TPSA) is 62.3 Å². The van der Waals surface area contributed by atoms with Gasteiger partial charge in [0.2, 0.25) is 0 Å². The highest BCUT2D eigenvalue weighted by Crippen LogP contribution is 2.25. The summed E-state index contributed by atoms with van der Waals surface area (Å²) in [4.78, 5) is 32.2. The molecule has 29 heavy (non-hydrogen) atoms. The van der Waals surface area contributed by atoms with Crippen LogP contribution in [-0.4, -0.2) is 34.8 Å². The van der Waals surface area contributed by atoms with Crippen molar-refractivity contribution in [3.05, 3.63) is 69.9 Å². The van der Waals surface area contributed by atoms with E-state index in [2.05, 4.69) is 10.3 Å². The lowest BCUT2D eigenvalue weighted by molar-refractivity contribution is 0.0791. The minimum absolute atomic E-state index is 0.0225. The summed E-state index contributed by atoms with van der Waals surface area (Å²) in [5.41, 5.74) is 3.94. The van der Waals surface area contributed by atoms with Crippen molar-refractivity contribution in [1.29, 1.82) is 0 Å². The van der Waals surface area contributed by atoms with E-state index in [4.69, 9.17) is 11.6 Å². The number of rotatable bonds is 3. The minimum atomic E-state index is -0.259. The number of aryl methyl sites for hydroxylation is 1. The molecular formula is C23H22ClN3O2. The number of benzene rings is 2. The van der Waals surface area contributed by atoms with Gasteiger partial charge >= 0.3 is 0 Å². The van der Waals surface area contributed by atoms with Gasteiger partial charge in [0, 0.05) is 34.7 Å². The lowest BCUT2D eigenvalue weighted by Crippen LogP contribution is -2.28. The van der Waals surface area contributed by atoms with E-state index in [9.17, 15) is 9.59 Å². The minimum Gasteiger partial charge on any atom is -0.339 e. The highest BCUT2D eigenvalue weighted by Gasteiger charge is 2.22. The molecule has 148 valence electrons. The lowest BCUT2D eigenvalue weighted by atomic mass is 10.0. The van der Waals surface area contributed by atoms with Gasteiger partial charge in [0.05, 0.1) is 16.8 Å². The molecule has 1 aliphatic rings. The molecule has 4 rings (SSSR count). The van der Waals surface area contributed by atoms with Gasteiger partial charge in [-0.15, -0.1) is 0 Å². The summed E-state index contributed by atoms with van der Waals surface area (Å²) >= 11 is 6.08. The molecule has 0 bridgehead atoms. The number of fused-ring (bicyclic) bond motifs is 1. The van der Waals surface area contributed by atoms with Crippen molar-refractivity contribution >= 4 is 40.0 Å². The first-order valence-corrected chi connectivity index (χ1v) is 10.1. The first-order chi connectivity index (χ1) is 13.9. The second-order valence-corrected chi connectivity index (χ2v) is 7.83. The summed E-state index contributed by atoms with van der Waals surface area (Å²) in [6, 6.07) is 12.6. The van der Waals surface area contributed by atoms with E-state index >= 15 is 0 Å². The molecule has 1 N–H and O–H groups in total. The Balaban J connectivity index is 1.63. The van der Waals surface area contributed by atoms with Crippen LogP contribution in [0.5, 0.6) is 0 Å². The number of nitrogens with zero attached hydrogens (tertiary/aromatic N) is 2. The van der Waals surface area contributed by atoms with Crippen molar-refractivity contribution < 1.29 is 9.59 Å². The highest BCUT2D eigenvalue weighted by atomic mass is 35.5. The standard InChI is InChI=1S/C23H22ClN3O2/c1-14-18(23(29)27-10-3-4-11-27)6-5-7-20(14)26-22(28)19-13-16-12-17(24)8-9-21(16)25-15(19)2/h5-9,12-13H,3-4,10-11H2,1-2H3,(H,26,28). The van der Waals surface area contributed by atoms with E-state index in [1.165, 1.54) is 0 Å². The Kier molecular flexibility index (Phi) is 5.24. The van der Waals surface area contributed by atoms with Crippen molar-refractivity contribution in [2.45, 2.75) is 26.7 Å². The SMILES string of the molecule is Cc1nc2ccc(Cl)cc2cc1C(=O)Nc1cccc(C(=O)N2CCCC2)c1C. The van der Waals surface area contributed by atoms with E-state index in [0.29, 0.717) is 27.5 Å². The van der Waals surface area contributed by atoms with Crippen LogP contribution in [0, 0.1) is 13.8 Å². The van der Waals surface area contributed by atoms with Crippen LogP contribution in [0.25, 0.3) is 10.9 Å². The Bertz CT molecular complexity index is 1120. The van der Waals surface area contributed by atoms with E-state index in [1.807, 2.05) is 36.9 Å². The molecule has 1 saturated heterocycles. The van der Waals surface area contributed by atoms with Gasteiger partial charge in [0.1, 0.15) is 0 Å². The molecule has 0 aliphatic carbocycles. The quantitative estimate of drug-likeness (QED) is 0.665. The smallest absolute Gasteiger partial charge is 0.257 e. The average molecular weight is 408 g/mol. The fraction of sp³-hybridized carbons (Fsp3) is 0.261. The predicted molar refractivity (Wildman–Crippen MR) is 116 cm³/mol. The van der Waals surface area contributed by atoms with Crippen LogP contribution in [-0.2, 0) is 0 Å². The number of carbonyl (C=O) groups is 2. The summed E-state index contributed by atoms with van der Waals surface area (Å²) < 4.78 is 0. The molecule has 2 heterocycles. The second kappa shape index (κ2) is 7.84. The largest absolute Gasteiger partial charge is 0.339 e. The first kappa shape index (κ1) is 19.4. The van der Waals surface area contributed by atoms with Crippen molar-refractivity contribution in [3.63, 3.8) is 0 Å². The molecule has 0 unspecified atom stereocenters. The van der Waals surface area contributed by atoms with E-state index in [-0.39, 0.29) is 11.8 Å². The highest BCUT2D eigenvalue weighted by molar-refractivity contribution is 6.31. The van der Waals surface area contributed by atoms with Gasteiger partial charge in [-0.1, -0.05) is 17.7 Å². The summed E-state index contributed by atoms with van der Waals surface area (Å²) in [6.07, 6.45) is 2.08. The molecule has 0 spiro atoms. The monoisotopic (exact) mass is 407 g/mol. The van der Waals surface area contributed by atoms with Crippen molar-refractivity contribution in [2.24, 2.45) is 0 Å². The van der Waals surface area contributed by atoms with Crippen LogP contribution in [0.15, 0.2) is 42.5 Å². The normalized spacial score (nSPS) is 13.7. The molecule has 2 amide bonds. The number of likely N-dealkylation sites (tertiary alicyclic amines) is 1. The Hall–Kier alpha value is -2.92. The van der Waals surface area contributed by atoms with Crippen LogP contribution in [0.2, 0.25) is 5.02 Å². The molecule has 3 aromatic rings. The zero-order valence-electron chi connectivity index (χ0n) is 16.5. The number of carbonyl (C=O) groups excluding carboxylic acids is 2. The van der Waals surface area contributed by atoms with Gasteiger partial charge in [0.25, 0.3) is 11.8 Å². The molecule has 0 radical (unpaired) electrons. The second-order valence-electron chi connectivity index (χ2n) is 7.39. The number of anilines is 1. The number of nitrogens with one attached hydrogen (secondary N) is 1. The molecule has 2 aromatic carbocycles. The van der Waals surface area contributed by atoms with Gasteiger partial charge in [-0.3, -0.25) is 14.6 Å². The summed E-state index contributed by atoms with van der Waals surface area (Å²) in [5, 5.41) is 4.35. The number of hydrogen-bond acceptors (Lipinski definition) is 3. The molecule has 1 aliphatic heterocycles. The lowest BCUT2D eigenvalue weighted by Gasteiger charge is -2.18. The summed E-state index contributed by atoms with van der Waals surface area (Å²) in [7, 11) is 0. The molecule has 1 fully saturated rings. The van der Waals surface area contributed by atoms with Gasteiger partial charge in [-0.2, -0.15) is 0 Å². The van der Waals surface area contributed by atoms with Gasteiger partial charge in [0.15, 0.2) is 0 Å². The maximum absolute atomic E-state index is 13.0. The van der Waals surface area contributed by atoms with E-state index in [1.54, 1.807) is 24.3 Å². The number of pyridine rings is 1. The maximum atomic E-state index is 13.0. The third kappa shape index (κ3) is 3.83. The third-order valence-corrected chi connectivity index (χ3v) is 5.65. The number of aromatic nitrogens is 1. The fourth-order valence-electron chi connectivity index (χ4n) is 3.76. The third-order valence-electron chi connectivity index (χ3n) is 5.42. The summed E-state index contributed by atoms with van der Waals surface area (Å²) in [5.74, 6) is -0.236. The van der Waals surface area contributed by atoms with E-state index in [0.717, 1.165) is 42.4 Å². The zero-order valence-corrected chi connectivity index (χ0v) is 17.2. The Morgan fingerprint density at radius 1 is 1.03 bits per heavy atom. The molecule has 1 aromatic heterocycles. The van der Waals surface area contributed by atoms with Gasteiger partial charge in [-0.05, 0) is 68.7 Å². The Morgan fingerprint density at radius 2 is 1.79 bits per heavy atom. The fourth-order valence-corrected chi connectivity index (χ4v) is 3.94. The summed E-state index contributed by atoms with van der Waals surface area (Å²) in [6.45, 7) is 5.26. The van der Waals surface area contributed by atoms with Gasteiger partial charge < -0.3 is 10.2 Å². The van der Waals surface area contributed by atoms with Crippen molar-refractivity contribution in [3.8, 4) is 0 Å². The molecule has 0 atom stereocenters. The van der Waals surface area contributed by atoms with Crippen LogP contribution < -0.4 is 5.32 Å². The maximum Gasteiger partial charge on any atom is 0.257 e. The van der Waals surface area contributed by atoms with Crippen LogP contribution in [0.3, 0.4) is 0 Å². The first-order valence-electron chi connectivity index (χ1n) is 9.71. The van der Waals surface area contributed by atoms with Crippen LogP contribution >= 0.6 is 11.6 Å².